The van der Waals surface area contributed by atoms with Crippen molar-refractivity contribution >= 4 is 26.6 Å². The first-order chi connectivity index (χ1) is 17.3. The second kappa shape index (κ2) is 9.40. The number of benzene rings is 2. The van der Waals surface area contributed by atoms with E-state index >= 15 is 0 Å². The highest BCUT2D eigenvalue weighted by Gasteiger charge is 2.37. The highest BCUT2D eigenvalue weighted by Crippen LogP contribution is 2.34. The third kappa shape index (κ3) is 4.59. The number of carbonyl (C=O) groups excluding carboxylic acids is 1. The summed E-state index contributed by atoms with van der Waals surface area (Å²) in [7, 11) is -3.66. The summed E-state index contributed by atoms with van der Waals surface area (Å²) in [6.45, 7) is 0.516. The van der Waals surface area contributed by atoms with Gasteiger partial charge in [0.2, 0.25) is 5.95 Å². The molecule has 4 aromatic rings. The molecule has 0 atom stereocenters. The Morgan fingerprint density at radius 3 is 2.33 bits per heavy atom. The van der Waals surface area contributed by atoms with Gasteiger partial charge in [0.25, 0.3) is 5.91 Å². The van der Waals surface area contributed by atoms with Crippen LogP contribution in [-0.4, -0.2) is 47.4 Å². The summed E-state index contributed by atoms with van der Waals surface area (Å²) in [5.74, 6) is -1.15. The van der Waals surface area contributed by atoms with Gasteiger partial charge in [-0.25, -0.2) is 13.4 Å². The van der Waals surface area contributed by atoms with Gasteiger partial charge in [0.05, 0.1) is 21.8 Å². The zero-order chi connectivity index (χ0) is 25.3. The summed E-state index contributed by atoms with van der Waals surface area (Å²) in [5, 5.41) is 11.7. The van der Waals surface area contributed by atoms with Crippen molar-refractivity contribution in [2.45, 2.75) is 29.1 Å². The Bertz CT molecular complexity index is 1530. The smallest absolute Gasteiger partial charge is 0.253 e. The van der Waals surface area contributed by atoms with Crippen LogP contribution < -0.4 is 0 Å². The van der Waals surface area contributed by atoms with Crippen LogP contribution >= 0.6 is 0 Å². The van der Waals surface area contributed by atoms with Crippen molar-refractivity contribution in [3.8, 4) is 0 Å². The average Bonchev–Trinajstić information content (AvgIpc) is 2.89. The van der Waals surface area contributed by atoms with Gasteiger partial charge < -0.3 is 10.0 Å². The number of carbonyl (C=O) groups is 1. The molecule has 2 aromatic carbocycles. The lowest BCUT2D eigenvalue weighted by molar-refractivity contribution is -0.0241. The first-order valence-corrected chi connectivity index (χ1v) is 13.2. The number of fused-ring (bicyclic) bond motifs is 1. The molecule has 0 spiro atoms. The first-order valence-electron chi connectivity index (χ1n) is 11.5. The lowest BCUT2D eigenvalue weighted by Crippen LogP contribution is -2.45. The molecular formula is C27H24FN3O4S. The fourth-order valence-corrected chi connectivity index (χ4v) is 6.17. The topological polar surface area (TPSA) is 100 Å². The van der Waals surface area contributed by atoms with E-state index in [1.165, 1.54) is 12.3 Å². The van der Waals surface area contributed by atoms with Gasteiger partial charge >= 0.3 is 0 Å². The van der Waals surface area contributed by atoms with Crippen molar-refractivity contribution in [2.24, 2.45) is 0 Å². The highest BCUT2D eigenvalue weighted by molar-refractivity contribution is 7.90. The van der Waals surface area contributed by atoms with Crippen LogP contribution in [-0.2, 0) is 21.2 Å². The molecule has 184 valence electrons. The third-order valence-electron chi connectivity index (χ3n) is 6.63. The molecule has 0 saturated carbocycles. The molecule has 2 aromatic heterocycles. The minimum atomic E-state index is -3.66. The van der Waals surface area contributed by atoms with Gasteiger partial charge in [0, 0.05) is 42.0 Å². The fraction of sp³-hybridized carbons (Fsp3) is 0.222. The number of piperidine rings is 1. The van der Waals surface area contributed by atoms with Crippen LogP contribution in [0.1, 0.15) is 34.3 Å². The number of likely N-dealkylation sites (tertiary alicyclic amines) is 1. The summed E-state index contributed by atoms with van der Waals surface area (Å²) in [6.07, 6.45) is 3.28. The zero-order valence-electron chi connectivity index (χ0n) is 19.3. The SMILES string of the molecule is O=C(c1ccc(CS(=O)(=O)c2cccc3cccnc23)cc1)N1CCC(O)(c2cccnc2F)CC1. The van der Waals surface area contributed by atoms with Crippen LogP contribution in [0.5, 0.6) is 0 Å². The van der Waals surface area contributed by atoms with Crippen LogP contribution in [0.15, 0.2) is 84.0 Å². The molecule has 5 rings (SSSR count). The maximum atomic E-state index is 14.1. The van der Waals surface area contributed by atoms with E-state index in [9.17, 15) is 22.7 Å². The van der Waals surface area contributed by atoms with Crippen LogP contribution in [0.3, 0.4) is 0 Å². The largest absolute Gasteiger partial charge is 0.385 e. The highest BCUT2D eigenvalue weighted by atomic mass is 32.2. The molecule has 1 fully saturated rings. The molecule has 36 heavy (non-hydrogen) atoms. The average molecular weight is 506 g/mol. The monoisotopic (exact) mass is 505 g/mol. The van der Waals surface area contributed by atoms with Crippen LogP contribution in [0.25, 0.3) is 10.9 Å². The summed E-state index contributed by atoms with van der Waals surface area (Å²) in [4.78, 5) is 22.6. The predicted molar refractivity (Wildman–Crippen MR) is 132 cm³/mol. The Morgan fingerprint density at radius 2 is 1.61 bits per heavy atom. The quantitative estimate of drug-likeness (QED) is 0.414. The molecule has 0 aliphatic carbocycles. The van der Waals surface area contributed by atoms with Gasteiger partial charge in [0.15, 0.2) is 9.84 Å². The van der Waals surface area contributed by atoms with E-state index in [1.807, 2.05) is 12.1 Å². The molecule has 7 nitrogen and oxygen atoms in total. The van der Waals surface area contributed by atoms with Crippen molar-refractivity contribution in [3.63, 3.8) is 0 Å². The normalized spacial score (nSPS) is 15.7. The summed E-state index contributed by atoms with van der Waals surface area (Å²) < 4.78 is 40.3. The number of nitrogens with zero attached hydrogens (tertiary/aromatic N) is 3. The van der Waals surface area contributed by atoms with Gasteiger partial charge in [0.1, 0.15) is 0 Å². The Hall–Kier alpha value is -3.69. The molecule has 0 radical (unpaired) electrons. The Balaban J connectivity index is 1.27. The lowest BCUT2D eigenvalue weighted by Gasteiger charge is -2.38. The van der Waals surface area contributed by atoms with Crippen LogP contribution in [0, 0.1) is 5.95 Å². The minimum Gasteiger partial charge on any atom is -0.385 e. The Kier molecular flexibility index (Phi) is 6.27. The van der Waals surface area contributed by atoms with Crippen molar-refractivity contribution in [3.05, 3.63) is 102 Å². The number of rotatable bonds is 5. The molecule has 0 unspecified atom stereocenters. The summed E-state index contributed by atoms with van der Waals surface area (Å²) in [5.41, 5.74) is 0.177. The number of amides is 1. The van der Waals surface area contributed by atoms with Crippen molar-refractivity contribution < 1.29 is 22.7 Å². The van der Waals surface area contributed by atoms with Crippen LogP contribution in [0.4, 0.5) is 4.39 Å². The standard InChI is InChI=1S/C27H24FN3O4S/c28-25-22(6-3-15-30-25)27(33)12-16-31(17-13-27)26(32)21-10-8-19(9-11-21)18-36(34,35)23-7-1-4-20-5-2-14-29-24(20)23/h1-11,14-15,33H,12-13,16-18H2. The van der Waals surface area contributed by atoms with Gasteiger partial charge in [-0.3, -0.25) is 9.78 Å². The zero-order valence-corrected chi connectivity index (χ0v) is 20.2. The number of aliphatic hydroxyl groups is 1. The van der Waals surface area contributed by atoms with E-state index in [0.29, 0.717) is 16.6 Å². The van der Waals surface area contributed by atoms with E-state index < -0.39 is 21.4 Å². The van der Waals surface area contributed by atoms with Gasteiger partial charge in [-0.05, 0) is 48.7 Å². The second-order valence-electron chi connectivity index (χ2n) is 8.95. The summed E-state index contributed by atoms with van der Waals surface area (Å²) >= 11 is 0. The van der Waals surface area contributed by atoms with Crippen molar-refractivity contribution in [1.29, 1.82) is 0 Å². The number of hydrogen-bond donors (Lipinski definition) is 1. The van der Waals surface area contributed by atoms with E-state index in [1.54, 1.807) is 59.6 Å². The maximum Gasteiger partial charge on any atom is 0.253 e. The molecule has 1 N–H and O–H groups in total. The van der Waals surface area contributed by atoms with Gasteiger partial charge in [-0.1, -0.05) is 36.4 Å². The summed E-state index contributed by atoms with van der Waals surface area (Å²) in [6, 6.07) is 18.2. The first kappa shape index (κ1) is 24.0. The van der Waals surface area contributed by atoms with E-state index in [4.69, 9.17) is 0 Å². The van der Waals surface area contributed by atoms with Crippen molar-refractivity contribution in [2.75, 3.05) is 13.1 Å². The molecular weight excluding hydrogens is 481 g/mol. The Morgan fingerprint density at radius 1 is 0.944 bits per heavy atom. The molecule has 0 bridgehead atoms. The number of para-hydroxylation sites is 1. The number of pyridine rings is 2. The fourth-order valence-electron chi connectivity index (χ4n) is 4.63. The molecule has 3 heterocycles. The number of aromatic nitrogens is 2. The lowest BCUT2D eigenvalue weighted by atomic mass is 9.85. The van der Waals surface area contributed by atoms with E-state index in [-0.39, 0.29) is 48.1 Å². The predicted octanol–water partition coefficient (Wildman–Crippen LogP) is 3.87. The number of hydrogen-bond acceptors (Lipinski definition) is 6. The van der Waals surface area contributed by atoms with Crippen molar-refractivity contribution in [1.82, 2.24) is 14.9 Å². The third-order valence-corrected chi connectivity index (χ3v) is 8.34. The van der Waals surface area contributed by atoms with E-state index in [0.717, 1.165) is 5.39 Å². The van der Waals surface area contributed by atoms with Gasteiger partial charge in [-0.2, -0.15) is 4.39 Å². The molecule has 1 aliphatic rings. The van der Waals surface area contributed by atoms with Crippen LogP contribution in [0.2, 0.25) is 0 Å². The second-order valence-corrected chi connectivity index (χ2v) is 10.9. The number of halogens is 1. The molecule has 1 saturated heterocycles. The number of sulfone groups is 1. The maximum absolute atomic E-state index is 14.1. The molecule has 9 heteroatoms. The molecule has 1 amide bonds. The van der Waals surface area contributed by atoms with E-state index in [2.05, 4.69) is 9.97 Å². The van der Waals surface area contributed by atoms with Gasteiger partial charge in [-0.15, -0.1) is 0 Å². The Labute approximate surface area is 208 Å². The molecule has 1 aliphatic heterocycles. The minimum absolute atomic E-state index is 0.143.